The van der Waals surface area contributed by atoms with Gasteiger partial charge in [-0.25, -0.2) is 0 Å². The van der Waals surface area contributed by atoms with Gasteiger partial charge in [0.15, 0.2) is 5.78 Å². The first-order valence-corrected chi connectivity index (χ1v) is 13.8. The molecule has 0 radical (unpaired) electrons. The van der Waals surface area contributed by atoms with E-state index >= 15 is 0 Å². The molecule has 4 aliphatic carbocycles. The van der Waals surface area contributed by atoms with E-state index in [0.717, 1.165) is 25.7 Å². The number of rotatable bonds is 5. The Labute approximate surface area is 207 Å². The summed E-state index contributed by atoms with van der Waals surface area (Å²) in [5.74, 6) is 1.32. The summed E-state index contributed by atoms with van der Waals surface area (Å²) >= 11 is 0. The van der Waals surface area contributed by atoms with Crippen LogP contribution in [0.25, 0.3) is 0 Å². The lowest BCUT2D eigenvalue weighted by molar-refractivity contribution is -0.144. The lowest BCUT2D eigenvalue weighted by atomic mass is 9.41. The van der Waals surface area contributed by atoms with Crippen LogP contribution in [0, 0.1) is 45.3 Å². The number of aliphatic hydroxyl groups excluding tert-OH is 2. The Bertz CT molecular complexity index is 852. The third kappa shape index (κ3) is 3.60. The van der Waals surface area contributed by atoms with Crippen LogP contribution in [0.5, 0.6) is 0 Å². The highest BCUT2D eigenvalue weighted by Crippen LogP contribution is 2.73. The van der Waals surface area contributed by atoms with E-state index in [-0.39, 0.29) is 33.7 Å². The second-order valence-corrected chi connectivity index (χ2v) is 14.5. The second-order valence-electron chi connectivity index (χ2n) is 14.5. The van der Waals surface area contributed by atoms with Crippen molar-refractivity contribution < 1.29 is 20.1 Å². The van der Waals surface area contributed by atoms with Crippen molar-refractivity contribution in [1.29, 1.82) is 0 Å². The molecule has 4 nitrogen and oxygen atoms in total. The molecule has 3 fully saturated rings. The molecule has 0 aromatic carbocycles. The number of aliphatic hydroxyl groups is 3. The molecule has 0 aromatic heterocycles. The minimum absolute atomic E-state index is 0.0490. The van der Waals surface area contributed by atoms with E-state index in [1.54, 1.807) is 5.57 Å². The largest absolute Gasteiger partial charge is 0.393 e. The molecule has 3 saturated carbocycles. The van der Waals surface area contributed by atoms with Gasteiger partial charge in [-0.15, -0.1) is 0 Å². The Morgan fingerprint density at radius 3 is 2.35 bits per heavy atom. The maximum Gasteiger partial charge on any atom is 0.192 e. The number of hydrogen-bond acceptors (Lipinski definition) is 4. The summed E-state index contributed by atoms with van der Waals surface area (Å²) in [6, 6.07) is 0. The molecule has 34 heavy (non-hydrogen) atoms. The minimum atomic E-state index is -1.49. The van der Waals surface area contributed by atoms with Crippen molar-refractivity contribution >= 4 is 5.78 Å². The summed E-state index contributed by atoms with van der Waals surface area (Å²) in [7, 11) is 0. The monoisotopic (exact) mass is 474 g/mol. The van der Waals surface area contributed by atoms with Crippen LogP contribution < -0.4 is 0 Å². The van der Waals surface area contributed by atoms with Crippen LogP contribution in [0.2, 0.25) is 0 Å². The lowest BCUT2D eigenvalue weighted by Gasteiger charge is -2.64. The van der Waals surface area contributed by atoms with Gasteiger partial charge in [-0.2, -0.15) is 0 Å². The van der Waals surface area contributed by atoms with Crippen molar-refractivity contribution in [2.75, 3.05) is 0 Å². The molecular formula is C30H50O4. The number of allylic oxidation sites excluding steroid dienone is 2. The minimum Gasteiger partial charge on any atom is -0.393 e. The first kappa shape index (κ1) is 26.4. The van der Waals surface area contributed by atoms with Gasteiger partial charge in [0.05, 0.1) is 6.10 Å². The highest BCUT2D eigenvalue weighted by atomic mass is 16.3. The normalized spacial score (nSPS) is 45.4. The number of ketones is 1. The van der Waals surface area contributed by atoms with Gasteiger partial charge >= 0.3 is 0 Å². The molecule has 0 amide bonds. The maximum absolute atomic E-state index is 12.4. The summed E-state index contributed by atoms with van der Waals surface area (Å²) in [6.45, 7) is 17.2. The summed E-state index contributed by atoms with van der Waals surface area (Å²) in [6.07, 6.45) is 9.46. The number of carbonyl (C=O) groups excluding carboxylic acids is 1. The van der Waals surface area contributed by atoms with Gasteiger partial charge in [0.1, 0.15) is 11.7 Å². The van der Waals surface area contributed by atoms with E-state index in [0.29, 0.717) is 24.2 Å². The molecule has 4 aliphatic rings. The van der Waals surface area contributed by atoms with Gasteiger partial charge in [0.2, 0.25) is 0 Å². The highest BCUT2D eigenvalue weighted by molar-refractivity contribution is 5.89. The van der Waals surface area contributed by atoms with Crippen LogP contribution in [0.1, 0.15) is 107 Å². The Balaban J connectivity index is 1.60. The van der Waals surface area contributed by atoms with Gasteiger partial charge in [0.25, 0.3) is 0 Å². The van der Waals surface area contributed by atoms with E-state index in [2.05, 4.69) is 47.6 Å². The molecule has 0 saturated heterocycles. The highest BCUT2D eigenvalue weighted by Gasteiger charge is 2.65. The Hall–Kier alpha value is -0.710. The van der Waals surface area contributed by atoms with Gasteiger partial charge in [0, 0.05) is 0 Å². The SMILES string of the molecule is CC(CC(O)C(=O)C(C)(C)O)C1CCC2(C)C3=CCC4C(C)(C)C(O)CCC4(C)C3CCC12C. The fourth-order valence-electron chi connectivity index (χ4n) is 9.68. The molecule has 9 unspecified atom stereocenters. The topological polar surface area (TPSA) is 77.8 Å². The van der Waals surface area contributed by atoms with Crippen molar-refractivity contribution in [2.45, 2.75) is 125 Å². The van der Waals surface area contributed by atoms with Crippen LogP contribution in [0.3, 0.4) is 0 Å². The summed E-state index contributed by atoms with van der Waals surface area (Å²) in [4.78, 5) is 12.4. The van der Waals surface area contributed by atoms with Crippen LogP contribution in [0.4, 0.5) is 0 Å². The number of fused-ring (bicyclic) bond motifs is 5. The summed E-state index contributed by atoms with van der Waals surface area (Å²) < 4.78 is 0. The Kier molecular flexibility index (Phi) is 6.32. The molecule has 0 aliphatic heterocycles. The van der Waals surface area contributed by atoms with Crippen LogP contribution in [-0.2, 0) is 4.79 Å². The van der Waals surface area contributed by atoms with Gasteiger partial charge < -0.3 is 15.3 Å². The molecule has 4 rings (SSSR count). The van der Waals surface area contributed by atoms with Crippen molar-refractivity contribution in [3.8, 4) is 0 Å². The van der Waals surface area contributed by atoms with Crippen molar-refractivity contribution in [2.24, 2.45) is 45.3 Å². The average Bonchev–Trinajstić information content (AvgIpc) is 3.01. The smallest absolute Gasteiger partial charge is 0.192 e. The fraction of sp³-hybridized carbons (Fsp3) is 0.900. The van der Waals surface area contributed by atoms with Crippen molar-refractivity contribution in [3.63, 3.8) is 0 Å². The summed E-state index contributed by atoms with van der Waals surface area (Å²) in [5.41, 5.74) is 0.678. The predicted octanol–water partition coefficient (Wildman–Crippen LogP) is 5.68. The molecule has 9 atom stereocenters. The van der Waals surface area contributed by atoms with Crippen LogP contribution in [0.15, 0.2) is 11.6 Å². The standard InChI is InChI=1S/C30H50O4/c1-18(17-22(31)25(33)27(4,5)34)19-11-15-30(8)21-9-10-23-26(2,3)24(32)13-14-28(23,6)20(21)12-16-29(19,30)7/h9,18-20,22-24,31-32,34H,10-17H2,1-8H3. The van der Waals surface area contributed by atoms with Crippen LogP contribution >= 0.6 is 0 Å². The number of Topliss-reactive ketones (excluding diaryl/α,β-unsaturated/α-hetero) is 1. The molecule has 194 valence electrons. The van der Waals surface area contributed by atoms with E-state index in [9.17, 15) is 20.1 Å². The van der Waals surface area contributed by atoms with E-state index < -0.39 is 17.5 Å². The van der Waals surface area contributed by atoms with Gasteiger partial charge in [-0.1, -0.05) is 53.2 Å². The van der Waals surface area contributed by atoms with E-state index in [4.69, 9.17) is 0 Å². The van der Waals surface area contributed by atoms with E-state index in [1.165, 1.54) is 33.1 Å². The predicted molar refractivity (Wildman–Crippen MR) is 136 cm³/mol. The number of carbonyl (C=O) groups is 1. The second kappa shape index (κ2) is 8.15. The maximum atomic E-state index is 12.4. The summed E-state index contributed by atoms with van der Waals surface area (Å²) in [5, 5.41) is 31.5. The number of hydrogen-bond donors (Lipinski definition) is 3. The molecule has 3 N–H and O–H groups in total. The zero-order valence-corrected chi connectivity index (χ0v) is 22.9. The van der Waals surface area contributed by atoms with Gasteiger partial charge in [-0.05, 0) is 111 Å². The van der Waals surface area contributed by atoms with E-state index in [1.807, 2.05) is 0 Å². The van der Waals surface area contributed by atoms with Crippen LogP contribution in [-0.4, -0.2) is 38.9 Å². The Morgan fingerprint density at radius 1 is 1.09 bits per heavy atom. The van der Waals surface area contributed by atoms with Crippen molar-refractivity contribution in [3.05, 3.63) is 11.6 Å². The van der Waals surface area contributed by atoms with Gasteiger partial charge in [-0.3, -0.25) is 4.79 Å². The molecule has 0 bridgehead atoms. The molecular weight excluding hydrogens is 424 g/mol. The fourth-order valence-corrected chi connectivity index (χ4v) is 9.68. The first-order chi connectivity index (χ1) is 15.5. The molecule has 4 heteroatoms. The molecule has 0 aromatic rings. The zero-order chi connectivity index (χ0) is 25.5. The zero-order valence-electron chi connectivity index (χ0n) is 22.9. The average molecular weight is 475 g/mol. The first-order valence-electron chi connectivity index (χ1n) is 13.8. The third-order valence-corrected chi connectivity index (χ3v) is 12.1. The quantitative estimate of drug-likeness (QED) is 0.448. The molecule has 0 spiro atoms. The Morgan fingerprint density at radius 2 is 1.74 bits per heavy atom. The lowest BCUT2D eigenvalue weighted by Crippen LogP contribution is -2.58. The molecule has 0 heterocycles. The van der Waals surface area contributed by atoms with Crippen molar-refractivity contribution in [1.82, 2.24) is 0 Å². The third-order valence-electron chi connectivity index (χ3n) is 12.1.